The number of hydrogen-bond acceptors (Lipinski definition) is 1. The fraction of sp³-hybridized carbons (Fsp3) is 0.789. The molecule has 0 saturated heterocycles. The normalized spacial score (nSPS) is 13.5. The summed E-state index contributed by atoms with van der Waals surface area (Å²) in [4.78, 5) is 2.26. The van der Waals surface area contributed by atoms with Gasteiger partial charge in [-0.15, -0.1) is 0 Å². The van der Waals surface area contributed by atoms with E-state index >= 15 is 0 Å². The van der Waals surface area contributed by atoms with E-state index in [1.807, 2.05) is 0 Å². The van der Waals surface area contributed by atoms with Crippen molar-refractivity contribution in [2.45, 2.75) is 72.6 Å². The van der Waals surface area contributed by atoms with Crippen molar-refractivity contribution < 1.29 is 0 Å². The Kier molecular flexibility index (Phi) is 14.3. The van der Waals surface area contributed by atoms with Gasteiger partial charge in [-0.05, 0) is 0 Å². The Bertz CT molecular complexity index is 302. The molecular weight excluding hydrogens is 396 g/mol. The molecule has 1 nitrogen and oxygen atoms in total. The van der Waals surface area contributed by atoms with Gasteiger partial charge in [-0.3, -0.25) is 0 Å². The first-order valence-corrected chi connectivity index (χ1v) is 17.1. The van der Waals surface area contributed by atoms with Crippen LogP contribution >= 0.6 is 11.6 Å². The molecule has 0 aromatic heterocycles. The minimum absolute atomic E-state index is 1.04. The molecule has 0 spiro atoms. The van der Waals surface area contributed by atoms with Crippen LogP contribution in [0.3, 0.4) is 0 Å². The topological polar surface area (TPSA) is 3.24 Å². The van der Waals surface area contributed by atoms with E-state index in [0.717, 1.165) is 6.54 Å². The summed E-state index contributed by atoms with van der Waals surface area (Å²) in [5, 5.41) is 0. The first kappa shape index (κ1) is 22.5. The first-order valence-electron chi connectivity index (χ1n) is 9.18. The van der Waals surface area contributed by atoms with Crippen LogP contribution in [0.2, 0.25) is 13.3 Å². The van der Waals surface area contributed by atoms with E-state index in [2.05, 4.69) is 51.9 Å². The molecule has 22 heavy (non-hydrogen) atoms. The molecule has 0 rings (SSSR count). The molecule has 0 bridgehead atoms. The van der Waals surface area contributed by atoms with Crippen molar-refractivity contribution in [1.29, 1.82) is 0 Å². The molecule has 0 radical (unpaired) electrons. The second-order valence-corrected chi connectivity index (χ2v) is 20.3. The zero-order chi connectivity index (χ0) is 16.8. The van der Waals surface area contributed by atoms with Gasteiger partial charge in [0.05, 0.1) is 0 Å². The molecule has 130 valence electrons. The van der Waals surface area contributed by atoms with Gasteiger partial charge < -0.3 is 0 Å². The van der Waals surface area contributed by atoms with Gasteiger partial charge in [0.15, 0.2) is 0 Å². The Morgan fingerprint density at radius 1 is 0.909 bits per heavy atom. The summed E-state index contributed by atoms with van der Waals surface area (Å²) >= 11 is 3.72. The molecule has 0 N–H and O–H groups in total. The predicted octanol–water partition coefficient (Wildman–Crippen LogP) is 6.62. The summed E-state index contributed by atoms with van der Waals surface area (Å²) in [5.74, 6) is 0. The SMILES string of the molecule is CCC[CH2][Sn]([CH2]CCC)([CH2]CCC)[C](=C\CN(C)C)/C=C/Cl. The summed E-state index contributed by atoms with van der Waals surface area (Å²) in [6, 6.07) is 0. The van der Waals surface area contributed by atoms with E-state index in [1.54, 1.807) is 9.12 Å². The fourth-order valence-corrected chi connectivity index (χ4v) is 19.8. The zero-order valence-electron chi connectivity index (χ0n) is 15.6. The van der Waals surface area contributed by atoms with E-state index < -0.39 is 18.4 Å². The third kappa shape index (κ3) is 8.98. The third-order valence-corrected chi connectivity index (χ3v) is 20.5. The maximum atomic E-state index is 6.02. The van der Waals surface area contributed by atoms with Crippen LogP contribution < -0.4 is 0 Å². The summed E-state index contributed by atoms with van der Waals surface area (Å²) in [6.07, 6.45) is 12.9. The van der Waals surface area contributed by atoms with E-state index in [9.17, 15) is 0 Å². The van der Waals surface area contributed by atoms with Crippen LogP contribution in [-0.2, 0) is 0 Å². The summed E-state index contributed by atoms with van der Waals surface area (Å²) in [7, 11) is 4.31. The van der Waals surface area contributed by atoms with Gasteiger partial charge in [-0.2, -0.15) is 0 Å². The Labute approximate surface area is 149 Å². The predicted molar refractivity (Wildman–Crippen MR) is 107 cm³/mol. The Hall–Kier alpha value is 0.529. The summed E-state index contributed by atoms with van der Waals surface area (Å²) in [5.41, 5.74) is 1.76. The monoisotopic (exact) mass is 435 g/mol. The number of halogens is 1. The number of hydrogen-bond donors (Lipinski definition) is 0. The minimum atomic E-state index is -2.30. The molecule has 0 amide bonds. The molecule has 0 aromatic carbocycles. The third-order valence-electron chi connectivity index (χ3n) is 4.56. The zero-order valence-corrected chi connectivity index (χ0v) is 19.2. The quantitative estimate of drug-likeness (QED) is 0.233. The van der Waals surface area contributed by atoms with Crippen LogP contribution in [-0.4, -0.2) is 43.9 Å². The molecule has 0 aliphatic rings. The average molecular weight is 435 g/mol. The van der Waals surface area contributed by atoms with Gasteiger partial charge in [-0.25, -0.2) is 0 Å². The van der Waals surface area contributed by atoms with Gasteiger partial charge in [0.1, 0.15) is 0 Å². The summed E-state index contributed by atoms with van der Waals surface area (Å²) in [6.45, 7) is 8.03. The van der Waals surface area contributed by atoms with E-state index in [1.165, 1.54) is 51.8 Å². The van der Waals surface area contributed by atoms with Crippen LogP contribution in [0.5, 0.6) is 0 Å². The van der Waals surface area contributed by atoms with Crippen LogP contribution in [0.1, 0.15) is 59.3 Å². The van der Waals surface area contributed by atoms with Gasteiger partial charge in [0.25, 0.3) is 0 Å². The van der Waals surface area contributed by atoms with Gasteiger partial charge in [0, 0.05) is 0 Å². The molecule has 0 aliphatic carbocycles. The van der Waals surface area contributed by atoms with Crippen molar-refractivity contribution in [3.63, 3.8) is 0 Å². The van der Waals surface area contributed by atoms with Crippen LogP contribution in [0.4, 0.5) is 0 Å². The molecule has 0 heterocycles. The van der Waals surface area contributed by atoms with Crippen molar-refractivity contribution >= 4 is 30.0 Å². The number of nitrogens with zero attached hydrogens (tertiary/aromatic N) is 1. The van der Waals surface area contributed by atoms with Crippen molar-refractivity contribution in [3.8, 4) is 0 Å². The number of unbranched alkanes of at least 4 members (excludes halogenated alkanes) is 3. The van der Waals surface area contributed by atoms with Crippen LogP contribution in [0, 0.1) is 0 Å². The van der Waals surface area contributed by atoms with Crippen molar-refractivity contribution in [2.75, 3.05) is 20.6 Å². The average Bonchev–Trinajstić information content (AvgIpc) is 2.51. The van der Waals surface area contributed by atoms with Crippen molar-refractivity contribution in [3.05, 3.63) is 21.3 Å². The molecule has 0 unspecified atom stereocenters. The molecular formula is C19H38ClNSn. The number of rotatable bonds is 13. The van der Waals surface area contributed by atoms with E-state index in [4.69, 9.17) is 11.6 Å². The Balaban J connectivity index is 5.49. The van der Waals surface area contributed by atoms with Gasteiger partial charge in [-0.1, -0.05) is 0 Å². The fourth-order valence-electron chi connectivity index (χ4n) is 3.16. The van der Waals surface area contributed by atoms with Gasteiger partial charge in [0.2, 0.25) is 0 Å². The Morgan fingerprint density at radius 3 is 1.68 bits per heavy atom. The molecule has 0 saturated carbocycles. The van der Waals surface area contributed by atoms with E-state index in [0.29, 0.717) is 0 Å². The van der Waals surface area contributed by atoms with E-state index in [-0.39, 0.29) is 0 Å². The standard InChI is InChI=1S/C7H11ClN.3C4H9.Sn/c1-9(2)7-5-3-4-6-8;3*1-3-4-2;/h4-6H,7H2,1-2H3;3*1,3-4H2,2H3;/b5-3?,6-4+;;;;. The Morgan fingerprint density at radius 2 is 1.36 bits per heavy atom. The molecule has 0 atom stereocenters. The second-order valence-electron chi connectivity index (χ2n) is 6.81. The number of allylic oxidation sites excluding steroid dienone is 2. The van der Waals surface area contributed by atoms with Crippen LogP contribution in [0.15, 0.2) is 21.3 Å². The summed E-state index contributed by atoms with van der Waals surface area (Å²) < 4.78 is 6.19. The molecule has 0 aliphatic heterocycles. The van der Waals surface area contributed by atoms with Crippen molar-refractivity contribution in [1.82, 2.24) is 4.90 Å². The van der Waals surface area contributed by atoms with Crippen molar-refractivity contribution in [2.24, 2.45) is 0 Å². The first-order chi connectivity index (χ1) is 10.6. The van der Waals surface area contributed by atoms with Gasteiger partial charge >= 0.3 is 149 Å². The molecule has 3 heteroatoms. The second kappa shape index (κ2) is 13.9. The van der Waals surface area contributed by atoms with Crippen LogP contribution in [0.25, 0.3) is 0 Å². The molecule has 0 aromatic rings. The number of likely N-dealkylation sites (N-methyl/N-ethyl adjacent to an activating group) is 1. The maximum absolute atomic E-state index is 6.02. The molecule has 0 fully saturated rings.